The van der Waals surface area contributed by atoms with Crippen LogP contribution in [-0.2, 0) is 14.3 Å². The van der Waals surface area contributed by atoms with E-state index in [0.717, 1.165) is 11.1 Å². The molecule has 0 spiro atoms. The zero-order valence-corrected chi connectivity index (χ0v) is 22.3. The molecular weight excluding hydrogens is 458 g/mol. The van der Waals surface area contributed by atoms with Crippen molar-refractivity contribution < 1.29 is 28.9 Å². The number of aliphatic hydroxyl groups is 1. The molecule has 7 heteroatoms. The van der Waals surface area contributed by atoms with Gasteiger partial charge in [-0.1, -0.05) is 32.0 Å². The molecule has 1 heterocycles. The number of benzene rings is 2. The van der Waals surface area contributed by atoms with Crippen molar-refractivity contribution in [1.29, 1.82) is 0 Å². The average molecular weight is 496 g/mol. The molecule has 0 saturated carbocycles. The molecule has 36 heavy (non-hydrogen) atoms. The molecule has 0 bridgehead atoms. The van der Waals surface area contributed by atoms with Gasteiger partial charge in [0.05, 0.1) is 24.8 Å². The van der Waals surface area contributed by atoms with Crippen LogP contribution in [0.15, 0.2) is 42.0 Å². The smallest absolute Gasteiger partial charge is 0.295 e. The molecule has 1 unspecified atom stereocenters. The maximum atomic E-state index is 13.4. The van der Waals surface area contributed by atoms with Gasteiger partial charge in [-0.15, -0.1) is 0 Å². The van der Waals surface area contributed by atoms with Gasteiger partial charge >= 0.3 is 0 Å². The normalized spacial score (nSPS) is 17.4. The quantitative estimate of drug-likeness (QED) is 0.206. The lowest BCUT2D eigenvalue weighted by Gasteiger charge is -2.27. The summed E-state index contributed by atoms with van der Waals surface area (Å²) in [6.45, 7) is 10.5. The van der Waals surface area contributed by atoms with Crippen LogP contribution in [0.5, 0.6) is 11.5 Å². The summed E-state index contributed by atoms with van der Waals surface area (Å²) in [7, 11) is 3.20. The SMILES string of the molecule is COCCCN1C(=O)C(=O)/C(=C(/O)c2cc(C(C)C)c(OC)cc2C)C1c1ccccc1OC(C)C. The Labute approximate surface area is 213 Å². The fourth-order valence-corrected chi connectivity index (χ4v) is 4.61. The van der Waals surface area contributed by atoms with Crippen molar-refractivity contribution in [2.24, 2.45) is 0 Å². The van der Waals surface area contributed by atoms with E-state index in [1.807, 2.05) is 71.0 Å². The maximum Gasteiger partial charge on any atom is 0.295 e. The Balaban J connectivity index is 2.26. The lowest BCUT2D eigenvalue weighted by Crippen LogP contribution is -2.31. The molecule has 1 aliphatic heterocycles. The highest BCUT2D eigenvalue weighted by Gasteiger charge is 2.47. The van der Waals surface area contributed by atoms with Gasteiger partial charge in [-0.25, -0.2) is 0 Å². The number of ketones is 1. The topological polar surface area (TPSA) is 85.3 Å². The van der Waals surface area contributed by atoms with Gasteiger partial charge < -0.3 is 24.2 Å². The molecule has 1 aliphatic rings. The first-order valence-electron chi connectivity index (χ1n) is 12.3. The number of Topliss-reactive ketones (excluding diaryl/α,β-unsaturated/α-hetero) is 1. The van der Waals surface area contributed by atoms with Crippen LogP contribution in [0.4, 0.5) is 0 Å². The van der Waals surface area contributed by atoms with Crippen LogP contribution in [0.3, 0.4) is 0 Å². The first-order valence-corrected chi connectivity index (χ1v) is 12.3. The maximum absolute atomic E-state index is 13.4. The number of hydrogen-bond donors (Lipinski definition) is 1. The highest BCUT2D eigenvalue weighted by molar-refractivity contribution is 6.46. The summed E-state index contributed by atoms with van der Waals surface area (Å²) in [6.07, 6.45) is 0.436. The Morgan fingerprint density at radius 1 is 1.06 bits per heavy atom. The number of hydrogen-bond acceptors (Lipinski definition) is 6. The molecule has 1 atom stereocenters. The lowest BCUT2D eigenvalue weighted by atomic mass is 9.90. The van der Waals surface area contributed by atoms with E-state index in [-0.39, 0.29) is 23.4 Å². The Morgan fingerprint density at radius 2 is 1.75 bits per heavy atom. The number of rotatable bonds is 10. The molecule has 0 aliphatic carbocycles. The number of nitrogens with zero attached hydrogens (tertiary/aromatic N) is 1. The van der Waals surface area contributed by atoms with Crippen LogP contribution < -0.4 is 9.47 Å². The lowest BCUT2D eigenvalue weighted by molar-refractivity contribution is -0.140. The fourth-order valence-electron chi connectivity index (χ4n) is 4.61. The largest absolute Gasteiger partial charge is 0.507 e. The summed E-state index contributed by atoms with van der Waals surface area (Å²) in [4.78, 5) is 28.2. The van der Waals surface area contributed by atoms with Gasteiger partial charge in [-0.3, -0.25) is 9.59 Å². The summed E-state index contributed by atoms with van der Waals surface area (Å²) in [5.41, 5.74) is 2.85. The van der Waals surface area contributed by atoms with Gasteiger partial charge in [-0.05, 0) is 62.4 Å². The van der Waals surface area contributed by atoms with Gasteiger partial charge in [0.2, 0.25) is 0 Å². The number of carbonyl (C=O) groups excluding carboxylic acids is 2. The minimum absolute atomic E-state index is 0.0557. The Kier molecular flexibility index (Phi) is 8.79. The van der Waals surface area contributed by atoms with Crippen LogP contribution in [0.1, 0.15) is 68.3 Å². The Bertz CT molecular complexity index is 1150. The third-order valence-corrected chi connectivity index (χ3v) is 6.32. The molecule has 1 saturated heterocycles. The van der Waals surface area contributed by atoms with E-state index in [2.05, 4.69) is 0 Å². The van der Waals surface area contributed by atoms with Crippen molar-refractivity contribution >= 4 is 17.4 Å². The molecule has 0 aromatic heterocycles. The number of ether oxygens (including phenoxy) is 3. The van der Waals surface area contributed by atoms with Gasteiger partial charge in [0, 0.05) is 31.4 Å². The molecule has 7 nitrogen and oxygen atoms in total. The van der Waals surface area contributed by atoms with Gasteiger partial charge in [0.25, 0.3) is 11.7 Å². The highest BCUT2D eigenvalue weighted by atomic mass is 16.5. The second kappa shape index (κ2) is 11.6. The molecular formula is C29H37NO6. The van der Waals surface area contributed by atoms with Crippen LogP contribution in [0, 0.1) is 6.92 Å². The first-order chi connectivity index (χ1) is 17.1. The number of methoxy groups -OCH3 is 2. The van der Waals surface area contributed by atoms with E-state index in [4.69, 9.17) is 14.2 Å². The summed E-state index contributed by atoms with van der Waals surface area (Å²) in [5, 5.41) is 11.6. The van der Waals surface area contributed by atoms with Crippen molar-refractivity contribution in [1.82, 2.24) is 4.90 Å². The highest BCUT2D eigenvalue weighted by Crippen LogP contribution is 2.44. The van der Waals surface area contributed by atoms with Gasteiger partial charge in [0.15, 0.2) is 0 Å². The summed E-state index contributed by atoms with van der Waals surface area (Å²) in [5.74, 6) is -0.154. The predicted molar refractivity (Wildman–Crippen MR) is 140 cm³/mol. The van der Waals surface area contributed by atoms with Crippen molar-refractivity contribution in [3.63, 3.8) is 0 Å². The summed E-state index contributed by atoms with van der Waals surface area (Å²) in [6, 6.07) is 10.3. The summed E-state index contributed by atoms with van der Waals surface area (Å²) < 4.78 is 16.8. The van der Waals surface area contributed by atoms with Crippen molar-refractivity contribution in [2.75, 3.05) is 27.4 Å². The van der Waals surface area contributed by atoms with E-state index >= 15 is 0 Å². The van der Waals surface area contributed by atoms with E-state index in [1.165, 1.54) is 4.90 Å². The zero-order chi connectivity index (χ0) is 26.6. The molecule has 2 aromatic rings. The number of aliphatic hydroxyl groups excluding tert-OH is 1. The Morgan fingerprint density at radius 3 is 2.36 bits per heavy atom. The minimum Gasteiger partial charge on any atom is -0.507 e. The second-order valence-electron chi connectivity index (χ2n) is 9.61. The van der Waals surface area contributed by atoms with E-state index in [9.17, 15) is 14.7 Å². The van der Waals surface area contributed by atoms with E-state index in [1.54, 1.807) is 14.2 Å². The third-order valence-electron chi connectivity index (χ3n) is 6.32. The Hall–Kier alpha value is -3.32. The number of likely N-dealkylation sites (tertiary alicyclic amines) is 1. The monoisotopic (exact) mass is 495 g/mol. The number of carbonyl (C=O) groups is 2. The molecule has 3 rings (SSSR count). The van der Waals surface area contributed by atoms with E-state index in [0.29, 0.717) is 42.2 Å². The van der Waals surface area contributed by atoms with Crippen molar-refractivity contribution in [3.8, 4) is 11.5 Å². The minimum atomic E-state index is -0.791. The third kappa shape index (κ3) is 5.41. The predicted octanol–water partition coefficient (Wildman–Crippen LogP) is 5.37. The van der Waals surface area contributed by atoms with E-state index < -0.39 is 17.7 Å². The molecule has 1 amide bonds. The molecule has 0 radical (unpaired) electrons. The van der Waals surface area contributed by atoms with Gasteiger partial charge in [0.1, 0.15) is 17.3 Å². The van der Waals surface area contributed by atoms with Crippen LogP contribution >= 0.6 is 0 Å². The average Bonchev–Trinajstić information content (AvgIpc) is 3.08. The van der Waals surface area contributed by atoms with Gasteiger partial charge in [-0.2, -0.15) is 0 Å². The van der Waals surface area contributed by atoms with Crippen LogP contribution in [0.25, 0.3) is 5.76 Å². The molecule has 2 aromatic carbocycles. The standard InChI is InChI=1S/C29H37NO6/c1-17(2)21-16-22(19(5)15-24(21)35-7)27(31)25-26(20-11-8-9-12-23(20)36-18(3)4)30(13-10-14-34-6)29(33)28(25)32/h8-9,11-12,15-18,26,31H,10,13-14H2,1-7H3/b27-25+. The molecule has 1 fully saturated rings. The fraction of sp³-hybridized carbons (Fsp3) is 0.448. The van der Waals surface area contributed by atoms with Crippen molar-refractivity contribution in [3.05, 3.63) is 64.2 Å². The number of amides is 1. The first kappa shape index (κ1) is 27.3. The molecule has 1 N–H and O–H groups in total. The van der Waals surface area contributed by atoms with Crippen LogP contribution in [0.2, 0.25) is 0 Å². The number of para-hydroxylation sites is 1. The molecule has 194 valence electrons. The van der Waals surface area contributed by atoms with Crippen molar-refractivity contribution in [2.45, 2.75) is 59.1 Å². The zero-order valence-electron chi connectivity index (χ0n) is 22.3. The number of aryl methyl sites for hydroxylation is 1. The second-order valence-corrected chi connectivity index (χ2v) is 9.61. The summed E-state index contributed by atoms with van der Waals surface area (Å²) >= 11 is 0. The van der Waals surface area contributed by atoms with Crippen LogP contribution in [-0.4, -0.2) is 55.2 Å².